The van der Waals surface area contributed by atoms with Crippen LogP contribution in [0.25, 0.3) is 10.8 Å². The maximum atomic E-state index is 14.2. The van der Waals surface area contributed by atoms with Gasteiger partial charge in [0.15, 0.2) is 16.0 Å². The second-order valence-electron chi connectivity index (χ2n) is 11.2. The Labute approximate surface area is 287 Å². The van der Waals surface area contributed by atoms with E-state index in [1.807, 2.05) is 60.7 Å². The van der Waals surface area contributed by atoms with Crippen molar-refractivity contribution in [2.75, 3.05) is 13.2 Å². The maximum absolute atomic E-state index is 14.2. The third-order valence-corrected chi connectivity index (χ3v) is 11.4. The lowest BCUT2D eigenvalue weighted by Crippen LogP contribution is -2.49. The van der Waals surface area contributed by atoms with Crippen LogP contribution < -0.4 is 4.74 Å². The van der Waals surface area contributed by atoms with Crippen LogP contribution >= 0.6 is 45.2 Å². The molecular weight excluding hydrogens is 861 g/mol. The second kappa shape index (κ2) is 12.2. The maximum Gasteiger partial charge on any atom is 0.400 e. The van der Waals surface area contributed by atoms with Crippen LogP contribution in [-0.4, -0.2) is 43.6 Å². The third-order valence-electron chi connectivity index (χ3n) is 8.67. The smallest absolute Gasteiger partial charge is 0.400 e. The van der Waals surface area contributed by atoms with Gasteiger partial charge in [0.25, 0.3) is 0 Å². The molecule has 3 unspecified atom stereocenters. The summed E-state index contributed by atoms with van der Waals surface area (Å²) < 4.78 is 116. The highest BCUT2D eigenvalue weighted by atomic mass is 127. The SMILES string of the molecule is O=C(Oc1ccc2cc(I)ccc2c1I)C1C2c3ccccc3C(c3ccccc32)C1COCC(C(F)(F)F)C(F)(F)S(=O)(=O)[O-]. The molecular formula is C32H22F5I2O6S-. The van der Waals surface area contributed by atoms with Gasteiger partial charge in [0.1, 0.15) is 5.75 Å². The van der Waals surface area contributed by atoms with Crippen LogP contribution in [0.3, 0.4) is 0 Å². The van der Waals surface area contributed by atoms with Crippen LogP contribution in [0.15, 0.2) is 78.9 Å². The Kier molecular flexibility index (Phi) is 8.91. The number of hydrogen-bond acceptors (Lipinski definition) is 6. The first-order valence-electron chi connectivity index (χ1n) is 13.9. The highest BCUT2D eigenvalue weighted by molar-refractivity contribution is 14.1. The Morgan fingerprint density at radius 3 is 1.96 bits per heavy atom. The molecule has 4 aromatic carbocycles. The molecule has 0 saturated heterocycles. The van der Waals surface area contributed by atoms with Gasteiger partial charge < -0.3 is 14.0 Å². The van der Waals surface area contributed by atoms with E-state index < -0.39 is 70.3 Å². The summed E-state index contributed by atoms with van der Waals surface area (Å²) in [6, 6.07) is 23.8. The van der Waals surface area contributed by atoms with E-state index in [-0.39, 0.29) is 5.75 Å². The van der Waals surface area contributed by atoms with Crippen molar-refractivity contribution in [2.45, 2.75) is 23.3 Å². The molecule has 0 spiro atoms. The predicted molar refractivity (Wildman–Crippen MR) is 174 cm³/mol. The van der Waals surface area contributed by atoms with E-state index in [0.717, 1.165) is 36.6 Å². The van der Waals surface area contributed by atoms with Gasteiger partial charge in [-0.15, -0.1) is 0 Å². The van der Waals surface area contributed by atoms with E-state index in [1.54, 1.807) is 18.2 Å². The summed E-state index contributed by atoms with van der Waals surface area (Å²) in [5.41, 5.74) is 3.26. The highest BCUT2D eigenvalue weighted by Gasteiger charge is 2.60. The zero-order valence-corrected chi connectivity index (χ0v) is 28.4. The van der Waals surface area contributed by atoms with Gasteiger partial charge in [-0.25, -0.2) is 8.42 Å². The van der Waals surface area contributed by atoms with E-state index in [2.05, 4.69) is 45.2 Å². The normalized spacial score (nSPS) is 21.5. The van der Waals surface area contributed by atoms with Crippen molar-refractivity contribution in [2.24, 2.45) is 17.8 Å². The summed E-state index contributed by atoms with van der Waals surface area (Å²) in [5.74, 6) is -7.38. The number of hydrogen-bond donors (Lipinski definition) is 0. The number of ether oxygens (including phenoxy) is 2. The minimum absolute atomic E-state index is 0.277. The molecule has 0 saturated carbocycles. The Bertz CT molecular complexity index is 1900. The number of carbonyl (C=O) groups is 1. The molecule has 3 aliphatic carbocycles. The molecule has 46 heavy (non-hydrogen) atoms. The predicted octanol–water partition coefficient (Wildman–Crippen LogP) is 7.81. The van der Waals surface area contributed by atoms with Gasteiger partial charge in [0, 0.05) is 21.3 Å². The molecule has 0 aromatic heterocycles. The topological polar surface area (TPSA) is 92.7 Å². The fourth-order valence-corrected chi connectivity index (χ4v) is 8.53. The van der Waals surface area contributed by atoms with Crippen molar-refractivity contribution in [3.63, 3.8) is 0 Å². The standard InChI is InChI=1S/C32H23F5I2O6S/c33-31(34,35)25(32(36,37)46(41,42)43)15-44-14-23-26-19-5-1-3-7-21(19)27(22-8-4-2-6-20(22)26)28(23)30(40)45-24-12-9-16-13-17(38)10-11-18(16)29(24)39/h1-13,23,25-28H,14-15H2,(H,41,42,43)/p-1. The number of rotatable bonds is 8. The zero-order valence-electron chi connectivity index (χ0n) is 23.3. The average Bonchev–Trinajstić information content (AvgIpc) is 2.99. The van der Waals surface area contributed by atoms with E-state index >= 15 is 0 Å². The van der Waals surface area contributed by atoms with Crippen LogP contribution in [0, 0.1) is 24.9 Å². The first-order valence-corrected chi connectivity index (χ1v) is 17.4. The Hall–Kier alpha value is -2.41. The third kappa shape index (κ3) is 5.81. The number of alkyl halides is 5. The Balaban J connectivity index is 1.38. The van der Waals surface area contributed by atoms with Gasteiger partial charge in [-0.05, 0) is 96.4 Å². The molecule has 0 fully saturated rings. The second-order valence-corrected chi connectivity index (χ2v) is 15.0. The summed E-state index contributed by atoms with van der Waals surface area (Å²) in [4.78, 5) is 14.2. The molecule has 3 aliphatic rings. The number of benzene rings is 4. The summed E-state index contributed by atoms with van der Waals surface area (Å²) >= 11 is 4.27. The van der Waals surface area contributed by atoms with Crippen molar-refractivity contribution in [3.8, 4) is 5.75 Å². The summed E-state index contributed by atoms with van der Waals surface area (Å²) in [6.45, 7) is -2.43. The summed E-state index contributed by atoms with van der Waals surface area (Å²) in [6.07, 6.45) is -5.77. The molecule has 14 heteroatoms. The van der Waals surface area contributed by atoms with Gasteiger partial charge >= 0.3 is 17.4 Å². The first-order chi connectivity index (χ1) is 21.6. The van der Waals surface area contributed by atoms with Crippen LogP contribution in [0.2, 0.25) is 0 Å². The van der Waals surface area contributed by atoms with Gasteiger partial charge in [-0.1, -0.05) is 60.7 Å². The molecule has 0 aliphatic heterocycles. The quantitative estimate of drug-likeness (QED) is 0.0590. The molecule has 6 nitrogen and oxygen atoms in total. The minimum atomic E-state index is -6.67. The van der Waals surface area contributed by atoms with Crippen molar-refractivity contribution in [1.29, 1.82) is 0 Å². The number of fused-ring (bicyclic) bond motifs is 2. The van der Waals surface area contributed by atoms with Crippen LogP contribution in [0.1, 0.15) is 34.1 Å². The van der Waals surface area contributed by atoms with E-state index in [0.29, 0.717) is 3.57 Å². The molecule has 2 bridgehead atoms. The molecule has 0 heterocycles. The van der Waals surface area contributed by atoms with Crippen LogP contribution in [-0.2, 0) is 19.6 Å². The lowest BCUT2D eigenvalue weighted by molar-refractivity contribution is -0.233. The zero-order chi connectivity index (χ0) is 33.2. The monoisotopic (exact) mass is 883 g/mol. The minimum Gasteiger partial charge on any atom is -0.743 e. The van der Waals surface area contributed by atoms with E-state index in [9.17, 15) is 39.7 Å². The summed E-state index contributed by atoms with van der Waals surface area (Å²) in [7, 11) is -6.67. The first kappa shape index (κ1) is 33.5. The molecule has 0 amide bonds. The van der Waals surface area contributed by atoms with Crippen molar-refractivity contribution in [1.82, 2.24) is 0 Å². The molecule has 7 rings (SSSR count). The number of esters is 1. The van der Waals surface area contributed by atoms with Gasteiger partial charge in [-0.2, -0.15) is 22.0 Å². The van der Waals surface area contributed by atoms with Crippen molar-refractivity contribution in [3.05, 3.63) is 108 Å². The van der Waals surface area contributed by atoms with Gasteiger partial charge in [0.2, 0.25) is 0 Å². The average molecular weight is 883 g/mol. The lowest BCUT2D eigenvalue weighted by Gasteiger charge is -2.49. The molecule has 3 atom stereocenters. The molecule has 4 aromatic rings. The number of carbonyl (C=O) groups excluding carboxylic acids is 1. The highest BCUT2D eigenvalue weighted by Crippen LogP contribution is 2.58. The van der Waals surface area contributed by atoms with Gasteiger partial charge in [0.05, 0.1) is 22.7 Å². The lowest BCUT2D eigenvalue weighted by atomic mass is 9.54. The fourth-order valence-electron chi connectivity index (χ4n) is 6.68. The van der Waals surface area contributed by atoms with E-state index in [1.165, 1.54) is 0 Å². The Morgan fingerprint density at radius 2 is 1.41 bits per heavy atom. The largest absolute Gasteiger partial charge is 0.743 e. The van der Waals surface area contributed by atoms with Crippen molar-refractivity contribution >= 4 is 72.0 Å². The summed E-state index contributed by atoms with van der Waals surface area (Å²) in [5, 5.41) is -3.89. The van der Waals surface area contributed by atoms with Crippen LogP contribution in [0.4, 0.5) is 22.0 Å². The van der Waals surface area contributed by atoms with E-state index in [4.69, 9.17) is 9.47 Å². The van der Waals surface area contributed by atoms with Gasteiger partial charge in [-0.3, -0.25) is 4.79 Å². The molecule has 0 radical (unpaired) electrons. The number of halogens is 7. The van der Waals surface area contributed by atoms with Crippen LogP contribution in [0.5, 0.6) is 5.75 Å². The molecule has 242 valence electrons. The Morgan fingerprint density at radius 1 is 0.848 bits per heavy atom. The van der Waals surface area contributed by atoms with Crippen molar-refractivity contribution < 1.29 is 49.2 Å². The fraction of sp³-hybridized carbons (Fsp3) is 0.281. The molecule has 0 N–H and O–H groups in total.